The fourth-order valence-corrected chi connectivity index (χ4v) is 1.91. The summed E-state index contributed by atoms with van der Waals surface area (Å²) in [7, 11) is 3.39. The smallest absolute Gasteiger partial charge is 0.233 e. The van der Waals surface area contributed by atoms with Crippen LogP contribution in [0.25, 0.3) is 0 Å². The van der Waals surface area contributed by atoms with Crippen molar-refractivity contribution in [2.75, 3.05) is 20.6 Å². The zero-order valence-corrected chi connectivity index (χ0v) is 11.1. The number of hydrogen-bond donors (Lipinski definition) is 1. The van der Waals surface area contributed by atoms with Crippen LogP contribution in [0.1, 0.15) is 23.7 Å². The van der Waals surface area contributed by atoms with Crippen molar-refractivity contribution in [2.45, 2.75) is 19.4 Å². The van der Waals surface area contributed by atoms with Crippen LogP contribution in [-0.2, 0) is 4.79 Å². The van der Waals surface area contributed by atoms with Gasteiger partial charge in [0.2, 0.25) is 5.91 Å². The molecule has 0 aliphatic carbocycles. The predicted molar refractivity (Wildman–Crippen MR) is 71.5 cm³/mol. The van der Waals surface area contributed by atoms with E-state index in [2.05, 4.69) is 5.32 Å². The molecule has 0 heterocycles. The number of likely N-dealkylation sites (N-methyl/N-ethyl adjacent to an activating group) is 2. The number of Topliss-reactive ketones (excluding diaryl/α,β-unsaturated/α-hetero) is 1. The molecule has 1 atom stereocenters. The van der Waals surface area contributed by atoms with Gasteiger partial charge in [-0.15, -0.1) is 0 Å². The predicted octanol–water partition coefficient (Wildman–Crippen LogP) is 1.33. The molecule has 0 saturated carbocycles. The van der Waals surface area contributed by atoms with E-state index in [4.69, 9.17) is 0 Å². The van der Waals surface area contributed by atoms with Gasteiger partial charge in [-0.1, -0.05) is 37.3 Å². The van der Waals surface area contributed by atoms with Gasteiger partial charge in [0.05, 0.1) is 12.6 Å². The highest BCUT2D eigenvalue weighted by Gasteiger charge is 2.23. The summed E-state index contributed by atoms with van der Waals surface area (Å²) in [4.78, 5) is 25.4. The number of benzene rings is 1. The van der Waals surface area contributed by atoms with Crippen molar-refractivity contribution in [3.63, 3.8) is 0 Å². The molecule has 0 radical (unpaired) electrons. The van der Waals surface area contributed by atoms with Gasteiger partial charge in [-0.05, 0) is 13.5 Å². The van der Waals surface area contributed by atoms with Crippen LogP contribution in [0.2, 0.25) is 0 Å². The van der Waals surface area contributed by atoms with Gasteiger partial charge in [-0.25, -0.2) is 0 Å². The quantitative estimate of drug-likeness (QED) is 0.773. The Bertz CT molecular complexity index is 404. The van der Waals surface area contributed by atoms with E-state index in [0.29, 0.717) is 12.0 Å². The second kappa shape index (κ2) is 6.91. The lowest BCUT2D eigenvalue weighted by molar-refractivity contribution is -0.121. The molecule has 1 unspecified atom stereocenters. The van der Waals surface area contributed by atoms with E-state index in [1.807, 2.05) is 25.1 Å². The molecule has 1 aromatic carbocycles. The average Bonchev–Trinajstić information content (AvgIpc) is 2.40. The average molecular weight is 248 g/mol. The zero-order valence-electron chi connectivity index (χ0n) is 11.1. The second-order valence-electron chi connectivity index (χ2n) is 4.24. The van der Waals surface area contributed by atoms with Crippen LogP contribution in [0.4, 0.5) is 0 Å². The standard InChI is InChI=1S/C14H20N2O2/c1-4-12(16(3)10-13(17)15-2)14(18)11-8-6-5-7-9-11/h5-9,12H,4,10H2,1-3H3,(H,15,17). The number of carbonyl (C=O) groups excluding carboxylic acids is 2. The third kappa shape index (κ3) is 3.67. The molecule has 1 amide bonds. The van der Waals surface area contributed by atoms with E-state index in [9.17, 15) is 9.59 Å². The number of nitrogens with zero attached hydrogens (tertiary/aromatic N) is 1. The Morgan fingerprint density at radius 2 is 1.89 bits per heavy atom. The number of ketones is 1. The van der Waals surface area contributed by atoms with Crippen LogP contribution in [0.3, 0.4) is 0 Å². The Morgan fingerprint density at radius 3 is 2.39 bits per heavy atom. The zero-order chi connectivity index (χ0) is 13.5. The van der Waals surface area contributed by atoms with Gasteiger partial charge in [-0.2, -0.15) is 0 Å². The topological polar surface area (TPSA) is 49.4 Å². The molecular formula is C14H20N2O2. The largest absolute Gasteiger partial charge is 0.358 e. The van der Waals surface area contributed by atoms with Crippen molar-refractivity contribution >= 4 is 11.7 Å². The Morgan fingerprint density at radius 1 is 1.28 bits per heavy atom. The van der Waals surface area contributed by atoms with E-state index < -0.39 is 0 Å². The van der Waals surface area contributed by atoms with Gasteiger partial charge in [0.1, 0.15) is 0 Å². The summed E-state index contributed by atoms with van der Waals surface area (Å²) < 4.78 is 0. The molecule has 98 valence electrons. The first-order valence-electron chi connectivity index (χ1n) is 6.10. The summed E-state index contributed by atoms with van der Waals surface area (Å²) in [6.07, 6.45) is 0.682. The minimum absolute atomic E-state index is 0.0597. The Hall–Kier alpha value is -1.68. The summed E-state index contributed by atoms with van der Waals surface area (Å²) in [5.41, 5.74) is 0.688. The Kier molecular flexibility index (Phi) is 5.52. The van der Waals surface area contributed by atoms with Crippen LogP contribution in [0.5, 0.6) is 0 Å². The third-order valence-corrected chi connectivity index (χ3v) is 2.95. The highest BCUT2D eigenvalue weighted by Crippen LogP contribution is 2.10. The minimum Gasteiger partial charge on any atom is -0.358 e. The number of carbonyl (C=O) groups is 2. The summed E-state index contributed by atoms with van der Waals surface area (Å²) >= 11 is 0. The fraction of sp³-hybridized carbons (Fsp3) is 0.429. The van der Waals surface area contributed by atoms with Crippen molar-refractivity contribution in [1.29, 1.82) is 0 Å². The van der Waals surface area contributed by atoms with Crippen LogP contribution in [0, 0.1) is 0 Å². The van der Waals surface area contributed by atoms with E-state index in [1.165, 1.54) is 0 Å². The first-order chi connectivity index (χ1) is 8.60. The normalized spacial score (nSPS) is 12.2. The van der Waals surface area contributed by atoms with Crippen LogP contribution >= 0.6 is 0 Å². The second-order valence-corrected chi connectivity index (χ2v) is 4.24. The van der Waals surface area contributed by atoms with Gasteiger partial charge in [0.15, 0.2) is 5.78 Å². The lowest BCUT2D eigenvalue weighted by Gasteiger charge is -2.25. The van der Waals surface area contributed by atoms with Crippen molar-refractivity contribution in [3.05, 3.63) is 35.9 Å². The third-order valence-electron chi connectivity index (χ3n) is 2.95. The molecule has 4 heteroatoms. The first-order valence-corrected chi connectivity index (χ1v) is 6.10. The lowest BCUT2D eigenvalue weighted by atomic mass is 10.0. The molecule has 0 aliphatic heterocycles. The van der Waals surface area contributed by atoms with Gasteiger partial charge in [0, 0.05) is 12.6 Å². The Labute approximate surface area is 108 Å². The van der Waals surface area contributed by atoms with Crippen LogP contribution in [0.15, 0.2) is 30.3 Å². The van der Waals surface area contributed by atoms with Crippen molar-refractivity contribution in [2.24, 2.45) is 0 Å². The molecule has 0 bridgehead atoms. The molecule has 0 spiro atoms. The maximum Gasteiger partial charge on any atom is 0.233 e. The van der Waals surface area contributed by atoms with Crippen LogP contribution in [-0.4, -0.2) is 43.3 Å². The van der Waals surface area contributed by atoms with Gasteiger partial charge < -0.3 is 5.32 Å². The molecule has 0 aromatic heterocycles. The molecule has 4 nitrogen and oxygen atoms in total. The number of hydrogen-bond acceptors (Lipinski definition) is 3. The molecule has 0 saturated heterocycles. The number of nitrogens with one attached hydrogen (secondary N) is 1. The van der Waals surface area contributed by atoms with Crippen molar-refractivity contribution < 1.29 is 9.59 Å². The first kappa shape index (κ1) is 14.4. The summed E-state index contributed by atoms with van der Waals surface area (Å²) in [5.74, 6) is -0.0266. The molecule has 18 heavy (non-hydrogen) atoms. The molecule has 1 aromatic rings. The van der Waals surface area contributed by atoms with E-state index in [0.717, 1.165) is 0 Å². The van der Waals surface area contributed by atoms with E-state index in [-0.39, 0.29) is 24.3 Å². The van der Waals surface area contributed by atoms with Crippen molar-refractivity contribution in [1.82, 2.24) is 10.2 Å². The van der Waals surface area contributed by atoms with Gasteiger partial charge in [0.25, 0.3) is 0 Å². The highest BCUT2D eigenvalue weighted by atomic mass is 16.2. The van der Waals surface area contributed by atoms with Gasteiger partial charge >= 0.3 is 0 Å². The summed E-state index contributed by atoms with van der Waals surface area (Å²) in [6.45, 7) is 2.18. The maximum atomic E-state index is 12.3. The van der Waals surface area contributed by atoms with Gasteiger partial charge in [-0.3, -0.25) is 14.5 Å². The SMILES string of the molecule is CCC(C(=O)c1ccccc1)N(C)CC(=O)NC. The molecule has 0 aliphatic rings. The molecule has 1 rings (SSSR count). The molecule has 0 fully saturated rings. The van der Waals surface area contributed by atoms with Crippen molar-refractivity contribution in [3.8, 4) is 0 Å². The number of amides is 1. The Balaban J connectivity index is 2.77. The highest BCUT2D eigenvalue weighted by molar-refractivity contribution is 6.00. The lowest BCUT2D eigenvalue weighted by Crippen LogP contribution is -2.43. The number of rotatable bonds is 6. The fourth-order valence-electron chi connectivity index (χ4n) is 1.91. The van der Waals surface area contributed by atoms with Crippen LogP contribution < -0.4 is 5.32 Å². The summed E-state index contributed by atoms with van der Waals surface area (Å²) in [5, 5.41) is 2.56. The molecule has 1 N–H and O–H groups in total. The van der Waals surface area contributed by atoms with E-state index in [1.54, 1.807) is 31.1 Å². The summed E-state index contributed by atoms with van der Waals surface area (Å²) in [6, 6.07) is 8.92. The molecular weight excluding hydrogens is 228 g/mol. The monoisotopic (exact) mass is 248 g/mol. The maximum absolute atomic E-state index is 12.3. The minimum atomic E-state index is -0.260. The van der Waals surface area contributed by atoms with E-state index >= 15 is 0 Å².